The molecule has 0 aliphatic carbocycles. The number of rotatable bonds is 5. The molecule has 1 aromatic rings. The van der Waals surface area contributed by atoms with Gasteiger partial charge in [-0.25, -0.2) is 0 Å². The van der Waals surface area contributed by atoms with Crippen molar-refractivity contribution in [2.75, 3.05) is 7.05 Å². The third-order valence-corrected chi connectivity index (χ3v) is 3.44. The number of amides is 1. The van der Waals surface area contributed by atoms with Crippen LogP contribution in [0.3, 0.4) is 0 Å². The van der Waals surface area contributed by atoms with Crippen LogP contribution in [0.5, 0.6) is 0 Å². The Morgan fingerprint density at radius 1 is 1.59 bits per heavy atom. The summed E-state index contributed by atoms with van der Waals surface area (Å²) in [5.74, 6) is 0.0164. The third kappa shape index (κ3) is 4.66. The van der Waals surface area contributed by atoms with Crippen molar-refractivity contribution in [1.29, 1.82) is 0 Å². The predicted octanol–water partition coefficient (Wildman–Crippen LogP) is 2.65. The standard InChI is InChI=1S/C12H20N2OS.ClH/c1-4-7-12(2,13)11(15)14(3)9-10-6-5-8-16-10;/h5-6,8H,4,7,9,13H2,1-3H3;1H. The molecule has 1 unspecified atom stereocenters. The van der Waals surface area contributed by atoms with Crippen molar-refractivity contribution in [3.05, 3.63) is 22.4 Å². The number of halogens is 1. The molecule has 2 N–H and O–H groups in total. The Balaban J connectivity index is 0.00000256. The monoisotopic (exact) mass is 276 g/mol. The van der Waals surface area contributed by atoms with E-state index in [9.17, 15) is 4.79 Å². The smallest absolute Gasteiger partial charge is 0.242 e. The maximum atomic E-state index is 12.1. The van der Waals surface area contributed by atoms with E-state index in [0.717, 1.165) is 12.8 Å². The molecule has 1 aromatic heterocycles. The number of hydrogen-bond acceptors (Lipinski definition) is 3. The molecule has 0 spiro atoms. The first-order valence-corrected chi connectivity index (χ1v) is 6.42. The molecule has 98 valence electrons. The van der Waals surface area contributed by atoms with E-state index >= 15 is 0 Å². The molecule has 0 saturated carbocycles. The molecule has 17 heavy (non-hydrogen) atoms. The summed E-state index contributed by atoms with van der Waals surface area (Å²) >= 11 is 1.66. The van der Waals surface area contributed by atoms with E-state index in [0.29, 0.717) is 6.54 Å². The fraction of sp³-hybridized carbons (Fsp3) is 0.583. The predicted molar refractivity (Wildman–Crippen MR) is 75.5 cm³/mol. The quantitative estimate of drug-likeness (QED) is 0.899. The van der Waals surface area contributed by atoms with E-state index in [1.54, 1.807) is 16.2 Å². The van der Waals surface area contributed by atoms with E-state index in [4.69, 9.17) is 5.73 Å². The van der Waals surface area contributed by atoms with Gasteiger partial charge in [-0.05, 0) is 24.8 Å². The fourth-order valence-electron chi connectivity index (χ4n) is 1.77. The highest BCUT2D eigenvalue weighted by molar-refractivity contribution is 7.09. The second-order valence-electron chi connectivity index (χ2n) is 4.41. The Morgan fingerprint density at radius 3 is 2.71 bits per heavy atom. The molecule has 0 aromatic carbocycles. The molecule has 0 saturated heterocycles. The van der Waals surface area contributed by atoms with Gasteiger partial charge >= 0.3 is 0 Å². The van der Waals surface area contributed by atoms with Crippen LogP contribution in [-0.2, 0) is 11.3 Å². The van der Waals surface area contributed by atoms with Gasteiger partial charge in [0.15, 0.2) is 0 Å². The number of nitrogens with two attached hydrogens (primary N) is 1. The molecular formula is C12H21ClN2OS. The van der Waals surface area contributed by atoms with Crippen LogP contribution >= 0.6 is 23.7 Å². The molecule has 0 fully saturated rings. The van der Waals surface area contributed by atoms with Crippen molar-refractivity contribution in [2.45, 2.75) is 38.8 Å². The molecular weight excluding hydrogens is 256 g/mol. The van der Waals surface area contributed by atoms with Crippen molar-refractivity contribution < 1.29 is 4.79 Å². The highest BCUT2D eigenvalue weighted by Crippen LogP contribution is 2.16. The van der Waals surface area contributed by atoms with Gasteiger partial charge in [-0.2, -0.15) is 0 Å². The lowest BCUT2D eigenvalue weighted by Crippen LogP contribution is -2.51. The van der Waals surface area contributed by atoms with Crippen molar-refractivity contribution >= 4 is 29.7 Å². The third-order valence-electron chi connectivity index (χ3n) is 2.58. The lowest BCUT2D eigenvalue weighted by atomic mass is 9.96. The normalized spacial score (nSPS) is 13.6. The summed E-state index contributed by atoms with van der Waals surface area (Å²) in [4.78, 5) is 15.0. The summed E-state index contributed by atoms with van der Waals surface area (Å²) < 4.78 is 0. The minimum Gasteiger partial charge on any atom is -0.339 e. The molecule has 1 rings (SSSR count). The van der Waals surface area contributed by atoms with E-state index in [1.807, 2.05) is 38.4 Å². The zero-order valence-electron chi connectivity index (χ0n) is 10.6. The topological polar surface area (TPSA) is 46.3 Å². The largest absolute Gasteiger partial charge is 0.339 e. The Morgan fingerprint density at radius 2 is 2.24 bits per heavy atom. The average Bonchev–Trinajstić information content (AvgIpc) is 2.69. The maximum Gasteiger partial charge on any atom is 0.242 e. The highest BCUT2D eigenvalue weighted by atomic mass is 35.5. The Bertz CT molecular complexity index is 338. The van der Waals surface area contributed by atoms with Gasteiger partial charge in [0, 0.05) is 11.9 Å². The summed E-state index contributed by atoms with van der Waals surface area (Å²) in [5.41, 5.74) is 5.28. The first-order chi connectivity index (χ1) is 7.47. The number of hydrogen-bond donors (Lipinski definition) is 1. The zero-order chi connectivity index (χ0) is 12.2. The molecule has 0 bridgehead atoms. The molecule has 0 aliphatic rings. The number of likely N-dealkylation sites (N-methyl/N-ethyl adjacent to an activating group) is 1. The van der Waals surface area contributed by atoms with Crippen molar-refractivity contribution in [3.8, 4) is 0 Å². The average molecular weight is 277 g/mol. The minimum absolute atomic E-state index is 0. The van der Waals surface area contributed by atoms with Gasteiger partial charge in [0.05, 0.1) is 12.1 Å². The summed E-state index contributed by atoms with van der Waals surface area (Å²) in [5, 5.41) is 2.02. The van der Waals surface area contributed by atoms with E-state index in [2.05, 4.69) is 0 Å². The molecule has 0 radical (unpaired) electrons. The second-order valence-corrected chi connectivity index (χ2v) is 5.44. The highest BCUT2D eigenvalue weighted by Gasteiger charge is 2.30. The van der Waals surface area contributed by atoms with Crippen LogP contribution in [0.2, 0.25) is 0 Å². The minimum atomic E-state index is -0.735. The van der Waals surface area contributed by atoms with Crippen LogP contribution in [0.25, 0.3) is 0 Å². The van der Waals surface area contributed by atoms with Crippen molar-refractivity contribution in [3.63, 3.8) is 0 Å². The molecule has 1 heterocycles. The SMILES string of the molecule is CCCC(C)(N)C(=O)N(C)Cc1cccs1.Cl. The summed E-state index contributed by atoms with van der Waals surface area (Å²) in [7, 11) is 1.81. The van der Waals surface area contributed by atoms with Crippen LogP contribution < -0.4 is 5.73 Å². The molecule has 1 amide bonds. The summed E-state index contributed by atoms with van der Waals surface area (Å²) in [6.45, 7) is 4.49. The van der Waals surface area contributed by atoms with Gasteiger partial charge in [-0.15, -0.1) is 23.7 Å². The van der Waals surface area contributed by atoms with Gasteiger partial charge in [0.25, 0.3) is 0 Å². The van der Waals surface area contributed by atoms with E-state index in [1.165, 1.54) is 4.88 Å². The van der Waals surface area contributed by atoms with Gasteiger partial charge in [0.2, 0.25) is 5.91 Å². The number of carbonyl (C=O) groups excluding carboxylic acids is 1. The van der Waals surface area contributed by atoms with Crippen LogP contribution in [0.15, 0.2) is 17.5 Å². The van der Waals surface area contributed by atoms with Gasteiger partial charge in [-0.3, -0.25) is 4.79 Å². The first kappa shape index (κ1) is 16.4. The van der Waals surface area contributed by atoms with E-state index in [-0.39, 0.29) is 18.3 Å². The van der Waals surface area contributed by atoms with Gasteiger partial charge < -0.3 is 10.6 Å². The van der Waals surface area contributed by atoms with Crippen LogP contribution in [0.1, 0.15) is 31.6 Å². The summed E-state index contributed by atoms with van der Waals surface area (Å²) in [6, 6.07) is 4.02. The van der Waals surface area contributed by atoms with Crippen molar-refractivity contribution in [1.82, 2.24) is 4.90 Å². The number of thiophene rings is 1. The lowest BCUT2D eigenvalue weighted by molar-refractivity contribution is -0.135. The first-order valence-electron chi connectivity index (χ1n) is 5.54. The van der Waals surface area contributed by atoms with Gasteiger partial charge in [0.1, 0.15) is 0 Å². The van der Waals surface area contributed by atoms with Crippen LogP contribution in [0, 0.1) is 0 Å². The maximum absolute atomic E-state index is 12.1. The van der Waals surface area contributed by atoms with Crippen molar-refractivity contribution in [2.24, 2.45) is 5.73 Å². The Labute approximate surface area is 113 Å². The van der Waals surface area contributed by atoms with Crippen LogP contribution in [-0.4, -0.2) is 23.4 Å². The summed E-state index contributed by atoms with van der Waals surface area (Å²) in [6.07, 6.45) is 1.65. The molecule has 1 atom stereocenters. The second kappa shape index (κ2) is 6.99. The Hall–Kier alpha value is -0.580. The molecule has 5 heteroatoms. The number of nitrogens with zero attached hydrogens (tertiary/aromatic N) is 1. The lowest BCUT2D eigenvalue weighted by Gasteiger charge is -2.28. The van der Waals surface area contributed by atoms with E-state index < -0.39 is 5.54 Å². The molecule has 0 aliphatic heterocycles. The Kier molecular flexibility index (Phi) is 6.75. The zero-order valence-corrected chi connectivity index (χ0v) is 12.2. The fourth-order valence-corrected chi connectivity index (χ4v) is 2.53. The van der Waals surface area contributed by atoms with Gasteiger partial charge in [-0.1, -0.05) is 19.4 Å². The van der Waals surface area contributed by atoms with Crippen LogP contribution in [0.4, 0.5) is 0 Å². The molecule has 3 nitrogen and oxygen atoms in total. The number of carbonyl (C=O) groups is 1.